The van der Waals surface area contributed by atoms with Crippen LogP contribution < -0.4 is 24.8 Å². The lowest BCUT2D eigenvalue weighted by molar-refractivity contribution is -0.113. The van der Waals surface area contributed by atoms with Crippen LogP contribution in [0.25, 0.3) is 56.3 Å². The number of hydrogen-bond acceptors (Lipinski definition) is 16. The van der Waals surface area contributed by atoms with E-state index >= 15 is 0 Å². The number of aromatic amines is 5. The molecule has 0 bridgehead atoms. The quantitative estimate of drug-likeness (QED) is 0.0176. The van der Waals surface area contributed by atoms with Gasteiger partial charge in [-0.15, -0.1) is 0 Å². The number of carbonyl (C=O) groups is 2. The van der Waals surface area contributed by atoms with Gasteiger partial charge in [-0.05, 0) is 260 Å². The van der Waals surface area contributed by atoms with Crippen LogP contribution in [-0.2, 0) is 42.3 Å². The molecule has 0 aliphatic rings. The molecule has 0 saturated carbocycles. The van der Waals surface area contributed by atoms with E-state index in [1.54, 1.807) is 37.3 Å². The van der Waals surface area contributed by atoms with Crippen molar-refractivity contribution in [2.45, 2.75) is 172 Å². The molecule has 23 nitrogen and oxygen atoms in total. The number of rotatable bonds is 40. The number of H-pyrrole nitrogens is 5. The van der Waals surface area contributed by atoms with Crippen molar-refractivity contribution in [3.05, 3.63) is 264 Å². The van der Waals surface area contributed by atoms with Gasteiger partial charge in [-0.1, -0.05) is 130 Å². The molecule has 0 unspecified atom stereocenters. The van der Waals surface area contributed by atoms with Crippen LogP contribution in [0.2, 0.25) is 0 Å². The van der Waals surface area contributed by atoms with E-state index in [0.717, 1.165) is 168 Å². The van der Waals surface area contributed by atoms with E-state index < -0.39 is 0 Å². The maximum absolute atomic E-state index is 13.7. The fraction of sp³-hybridized carbons (Fsp3) is 0.360. The fourth-order valence-corrected chi connectivity index (χ4v) is 13.5. The first-order chi connectivity index (χ1) is 59.9. The molecule has 0 fully saturated rings. The molecule has 12 aromatic rings. The van der Waals surface area contributed by atoms with Crippen molar-refractivity contribution in [2.24, 2.45) is 0 Å². The summed E-state index contributed by atoms with van der Waals surface area (Å²) in [6.45, 7) is 38.0. The van der Waals surface area contributed by atoms with E-state index in [0.29, 0.717) is 28.6 Å². The number of carbonyl (C=O) groups excluding carboxylic acids is 2. The zero-order chi connectivity index (χ0) is 89.3. The van der Waals surface area contributed by atoms with Gasteiger partial charge in [-0.3, -0.25) is 35.1 Å². The lowest BCUT2D eigenvalue weighted by Crippen LogP contribution is -2.19. The molecule has 0 spiro atoms. The summed E-state index contributed by atoms with van der Waals surface area (Å²) in [7, 11) is 10.7. The standard InChI is InChI=1S/C22H24N4O.C21H33N3O.C20H22FN3O.C19H26N4O.C18H24N4O/c1-3-4-12-26(2)16-19-15-24-25-22(19)18-8-10-20(11-9-18)27-21-7-5-6-17(13-21)14-23;1-7-8-9-24(6)14-19-13-22-23-21(19)18-10-17(15(2)3)11-20(12-18)25-16(4)5;1-3-12-24(2)14-16-13-22-23-20(16)15-8-10-17(11-9-15)25-19-7-5-4-6-18(19)21;1-5-6-10-23(4)13-16-12-20-22-18(16)15-8-7-9-17(11-15)21-19(24)14(2)3;1-4-6-10-22(3)13-15-12-19-21-18(15)14-8-7-9-16(11-14)20-17(23)5-2/h5-11,13,15H,3-4,12,16H2,1-2H3,(H,24,25);10-13,15-16H,7-9,14H2,1-6H3,(H,22,23);4-11,13H,3,12,14H2,1-2H3,(H,22,23);7-9,11-12H,2,5-6,10,13H2,1,3-4H3,(H,20,22)(H,21,24);5,7-9,11-12H,2,4,6,10,13H2,1,3H3,(H,19,21)(H,20,23). The largest absolute Gasteiger partial charge is 0.491 e. The summed E-state index contributed by atoms with van der Waals surface area (Å²) in [5.74, 6) is 2.82. The van der Waals surface area contributed by atoms with Crippen LogP contribution in [0.5, 0.6) is 28.7 Å². The third kappa shape index (κ3) is 31.8. The lowest BCUT2D eigenvalue weighted by atomic mass is 9.98. The van der Waals surface area contributed by atoms with Crippen molar-refractivity contribution >= 4 is 23.2 Å². The van der Waals surface area contributed by atoms with Gasteiger partial charge in [-0.2, -0.15) is 30.8 Å². The third-order valence-corrected chi connectivity index (χ3v) is 20.2. The monoisotopic (exact) mass is 1680 g/mol. The zero-order valence-electron chi connectivity index (χ0n) is 75.4. The summed E-state index contributed by atoms with van der Waals surface area (Å²) in [4.78, 5) is 34.8. The summed E-state index contributed by atoms with van der Waals surface area (Å²) in [6.07, 6.45) is 21.6. The van der Waals surface area contributed by atoms with Crippen molar-refractivity contribution in [1.82, 2.24) is 75.5 Å². The topological polar surface area (TPSA) is 269 Å². The van der Waals surface area contributed by atoms with E-state index in [-0.39, 0.29) is 29.5 Å². The first kappa shape index (κ1) is 97.1. The first-order valence-electron chi connectivity index (χ1n) is 43.2. The van der Waals surface area contributed by atoms with Crippen molar-refractivity contribution in [2.75, 3.05) is 78.6 Å². The average Bonchev–Trinajstić information content (AvgIpc) is 1.36. The molecular weight excluding hydrogens is 1550 g/mol. The highest BCUT2D eigenvalue weighted by Gasteiger charge is 2.19. The number of anilines is 2. The van der Waals surface area contributed by atoms with Gasteiger partial charge in [0.25, 0.3) is 5.91 Å². The summed E-state index contributed by atoms with van der Waals surface area (Å²) in [5, 5.41) is 51.2. The molecule has 24 heteroatoms. The van der Waals surface area contributed by atoms with E-state index in [4.69, 9.17) is 19.5 Å². The van der Waals surface area contributed by atoms with Crippen LogP contribution in [0, 0.1) is 17.1 Å². The zero-order valence-corrected chi connectivity index (χ0v) is 75.4. The molecule has 5 heterocycles. The number of aromatic nitrogens is 10. The molecule has 7 N–H and O–H groups in total. The Kier molecular flexibility index (Phi) is 40.3. The highest BCUT2D eigenvalue weighted by atomic mass is 19.1. The molecule has 12 rings (SSSR count). The molecule has 5 aromatic heterocycles. The molecule has 656 valence electrons. The first-order valence-corrected chi connectivity index (χ1v) is 43.2. The van der Waals surface area contributed by atoms with Gasteiger partial charge in [0.2, 0.25) is 5.91 Å². The molecule has 0 aliphatic heterocycles. The Morgan fingerprint density at radius 1 is 0.452 bits per heavy atom. The minimum atomic E-state index is -0.374. The predicted octanol–water partition coefficient (Wildman–Crippen LogP) is 22.3. The molecule has 7 aromatic carbocycles. The van der Waals surface area contributed by atoms with E-state index in [9.17, 15) is 14.0 Å². The van der Waals surface area contributed by atoms with Gasteiger partial charge in [0.15, 0.2) is 11.6 Å². The van der Waals surface area contributed by atoms with Gasteiger partial charge >= 0.3 is 0 Å². The second-order valence-electron chi connectivity index (χ2n) is 32.0. The minimum Gasteiger partial charge on any atom is -0.491 e. The number of nitrogens with zero attached hydrogens (tertiary/aromatic N) is 11. The predicted molar refractivity (Wildman–Crippen MR) is 502 cm³/mol. The summed E-state index contributed by atoms with van der Waals surface area (Å²) in [5.41, 5.74) is 20.1. The normalized spacial score (nSPS) is 11.0. The molecule has 0 radical (unpaired) electrons. The Bertz CT molecular complexity index is 5250. The Labute approximate surface area is 734 Å². The highest BCUT2D eigenvalue weighted by Crippen LogP contribution is 2.35. The Hall–Kier alpha value is -12.4. The second kappa shape index (κ2) is 51.5. The number of nitriles is 1. The molecular formula is C100H129FN18O5. The number of ether oxygens (including phenoxy) is 3. The number of hydrogen-bond donors (Lipinski definition) is 7. The molecule has 124 heavy (non-hydrogen) atoms. The Balaban J connectivity index is 0.000000192. The van der Waals surface area contributed by atoms with Gasteiger partial charge in [0, 0.05) is 105 Å². The highest BCUT2D eigenvalue weighted by molar-refractivity contribution is 6.03. The maximum atomic E-state index is 13.7. The maximum Gasteiger partial charge on any atom is 0.250 e. The van der Waals surface area contributed by atoms with Crippen molar-refractivity contribution in [3.63, 3.8) is 0 Å². The number of benzene rings is 7. The SMILES string of the molecule is C=C(C)C(=O)Nc1cccc(-c2[nH]ncc2CN(C)CCCC)c1.C=CC(=O)Nc1cccc(-c2[nH]ncc2CN(C)CCCC)c1.CCCCN(C)Cc1cn[nH]c1-c1cc(OC(C)C)cc(C(C)C)c1.CCCCN(C)Cc1cn[nH]c1-c1ccc(Oc2cccc(C#N)c2)cc1.CCCN(C)Cc1cn[nH]c1-c1ccc(Oc2ccccc2F)cc1. The van der Waals surface area contributed by atoms with Crippen molar-refractivity contribution < 1.29 is 28.2 Å². The van der Waals surface area contributed by atoms with Crippen LogP contribution in [0.15, 0.2) is 220 Å². The second-order valence-corrected chi connectivity index (χ2v) is 32.0. The number of unbranched alkanes of at least 4 members (excludes halogenated alkanes) is 4. The van der Waals surface area contributed by atoms with Gasteiger partial charge < -0.3 is 49.3 Å². The van der Waals surface area contributed by atoms with Crippen LogP contribution in [0.1, 0.15) is 172 Å². The average molecular weight is 1680 g/mol. The summed E-state index contributed by atoms with van der Waals surface area (Å²) >= 11 is 0. The number of amides is 2. The number of para-hydroxylation sites is 1. The Morgan fingerprint density at radius 2 is 0.855 bits per heavy atom. The summed E-state index contributed by atoms with van der Waals surface area (Å²) in [6, 6.07) is 53.1. The molecule has 2 amide bonds. The van der Waals surface area contributed by atoms with Crippen LogP contribution in [0.4, 0.5) is 15.8 Å². The number of halogens is 1. The fourth-order valence-electron chi connectivity index (χ4n) is 13.5. The molecule has 0 atom stereocenters. The van der Waals surface area contributed by atoms with Crippen LogP contribution in [0.3, 0.4) is 0 Å². The summed E-state index contributed by atoms with van der Waals surface area (Å²) < 4.78 is 31.1. The Morgan fingerprint density at radius 3 is 1.25 bits per heavy atom. The van der Waals surface area contributed by atoms with Gasteiger partial charge in [-0.25, -0.2) is 4.39 Å². The molecule has 0 saturated heterocycles. The van der Waals surface area contributed by atoms with E-state index in [2.05, 4.69) is 221 Å². The van der Waals surface area contributed by atoms with Crippen LogP contribution >= 0.6 is 0 Å². The van der Waals surface area contributed by atoms with Crippen molar-refractivity contribution in [3.8, 4) is 91.1 Å². The lowest BCUT2D eigenvalue weighted by Gasteiger charge is -2.18. The minimum absolute atomic E-state index is 0.164. The van der Waals surface area contributed by atoms with E-state index in [1.165, 1.54) is 80.2 Å². The number of nitrogens with one attached hydrogen (secondary N) is 7. The van der Waals surface area contributed by atoms with E-state index in [1.807, 2.05) is 140 Å². The van der Waals surface area contributed by atoms with Gasteiger partial charge in [0.1, 0.15) is 23.0 Å². The third-order valence-electron chi connectivity index (χ3n) is 20.2. The van der Waals surface area contributed by atoms with Crippen molar-refractivity contribution in [1.29, 1.82) is 5.26 Å². The smallest absolute Gasteiger partial charge is 0.250 e. The van der Waals surface area contributed by atoms with Gasteiger partial charge in [0.05, 0.1) is 77.2 Å². The molecule has 0 aliphatic carbocycles. The van der Waals surface area contributed by atoms with Crippen LogP contribution in [-0.4, -0.2) is 161 Å².